The lowest BCUT2D eigenvalue weighted by atomic mass is 9.87. The Morgan fingerprint density at radius 1 is 0.962 bits per heavy atom. The number of carbonyl (C=O) groups excluding carboxylic acids is 1. The van der Waals surface area contributed by atoms with Crippen molar-refractivity contribution >= 4 is 28.2 Å². The first-order valence-electron chi connectivity index (χ1n) is 8.09. The van der Waals surface area contributed by atoms with Crippen LogP contribution in [0.4, 0.5) is 20.0 Å². The minimum absolute atomic E-state index is 0.0596. The molecule has 2 amide bonds. The number of rotatable bonds is 3. The SMILES string of the molecule is CC(C)(C)c1ccc(NC(=O)Nc2nnc(-c3ccc(F)cc3)s2)cc1. The molecule has 0 aliphatic heterocycles. The summed E-state index contributed by atoms with van der Waals surface area (Å²) in [4.78, 5) is 12.1. The van der Waals surface area contributed by atoms with Gasteiger partial charge < -0.3 is 5.32 Å². The van der Waals surface area contributed by atoms with Crippen molar-refractivity contribution in [3.8, 4) is 10.6 Å². The van der Waals surface area contributed by atoms with E-state index in [2.05, 4.69) is 41.6 Å². The molecule has 3 rings (SSSR count). The number of nitrogens with one attached hydrogen (secondary N) is 2. The highest BCUT2D eigenvalue weighted by Gasteiger charge is 2.14. The van der Waals surface area contributed by atoms with Gasteiger partial charge in [-0.25, -0.2) is 9.18 Å². The maximum atomic E-state index is 13.0. The molecule has 0 aliphatic carbocycles. The lowest BCUT2D eigenvalue weighted by Crippen LogP contribution is -2.19. The van der Waals surface area contributed by atoms with Gasteiger partial charge >= 0.3 is 6.03 Å². The lowest BCUT2D eigenvalue weighted by Gasteiger charge is -2.19. The lowest BCUT2D eigenvalue weighted by molar-refractivity contribution is 0.262. The average molecular weight is 370 g/mol. The van der Waals surface area contributed by atoms with Gasteiger partial charge in [-0.1, -0.05) is 44.2 Å². The standard InChI is InChI=1S/C19H19FN4OS/c1-19(2,3)13-6-10-15(11-7-13)21-17(25)22-18-24-23-16(26-18)12-4-8-14(20)9-5-12/h4-11H,1-3H3,(H2,21,22,24,25). The van der Waals surface area contributed by atoms with E-state index in [0.717, 1.165) is 5.56 Å². The van der Waals surface area contributed by atoms with Crippen LogP contribution in [-0.4, -0.2) is 16.2 Å². The number of hydrogen-bond acceptors (Lipinski definition) is 4. The summed E-state index contributed by atoms with van der Waals surface area (Å²) in [5.74, 6) is -0.312. The van der Waals surface area contributed by atoms with Gasteiger partial charge in [0.2, 0.25) is 5.13 Å². The second-order valence-corrected chi connectivity index (χ2v) is 7.80. The van der Waals surface area contributed by atoms with Gasteiger partial charge in [0.1, 0.15) is 10.8 Å². The van der Waals surface area contributed by atoms with Gasteiger partial charge in [0.25, 0.3) is 0 Å². The average Bonchev–Trinajstić information content (AvgIpc) is 3.03. The Morgan fingerprint density at radius 2 is 1.62 bits per heavy atom. The van der Waals surface area contributed by atoms with Crippen molar-refractivity contribution in [3.63, 3.8) is 0 Å². The maximum Gasteiger partial charge on any atom is 0.325 e. The fourth-order valence-corrected chi connectivity index (χ4v) is 3.04. The van der Waals surface area contributed by atoms with E-state index in [1.54, 1.807) is 12.1 Å². The van der Waals surface area contributed by atoms with E-state index >= 15 is 0 Å². The van der Waals surface area contributed by atoms with E-state index in [1.165, 1.54) is 29.0 Å². The second-order valence-electron chi connectivity index (χ2n) is 6.83. The first-order chi connectivity index (χ1) is 12.3. The number of aromatic nitrogens is 2. The summed E-state index contributed by atoms with van der Waals surface area (Å²) in [6.45, 7) is 6.41. The Kier molecular flexibility index (Phi) is 4.99. The van der Waals surface area contributed by atoms with Crippen LogP contribution in [0.5, 0.6) is 0 Å². The molecule has 0 bridgehead atoms. The van der Waals surface area contributed by atoms with Crippen molar-refractivity contribution in [2.75, 3.05) is 10.6 Å². The number of anilines is 2. The summed E-state index contributed by atoms with van der Waals surface area (Å²) in [6.07, 6.45) is 0. The van der Waals surface area contributed by atoms with E-state index in [4.69, 9.17) is 0 Å². The van der Waals surface area contributed by atoms with Gasteiger partial charge in [-0.15, -0.1) is 10.2 Å². The predicted molar refractivity (Wildman–Crippen MR) is 103 cm³/mol. The van der Waals surface area contributed by atoms with Crippen LogP contribution in [0, 0.1) is 5.82 Å². The Hall–Kier alpha value is -2.80. The van der Waals surface area contributed by atoms with E-state index in [-0.39, 0.29) is 11.2 Å². The van der Waals surface area contributed by atoms with Gasteiger partial charge in [-0.05, 0) is 47.4 Å². The second kappa shape index (κ2) is 7.21. The summed E-state index contributed by atoms with van der Waals surface area (Å²) in [5.41, 5.74) is 2.69. The Morgan fingerprint density at radius 3 is 2.23 bits per heavy atom. The molecule has 5 nitrogen and oxygen atoms in total. The zero-order chi connectivity index (χ0) is 18.7. The molecule has 7 heteroatoms. The molecule has 0 saturated carbocycles. The number of urea groups is 1. The molecule has 3 aromatic rings. The van der Waals surface area contributed by atoms with Crippen LogP contribution in [0.15, 0.2) is 48.5 Å². The molecule has 0 spiro atoms. The molecule has 1 aromatic heterocycles. The molecule has 2 N–H and O–H groups in total. The monoisotopic (exact) mass is 370 g/mol. The third-order valence-electron chi connectivity index (χ3n) is 3.75. The van der Waals surface area contributed by atoms with E-state index in [9.17, 15) is 9.18 Å². The van der Waals surface area contributed by atoms with E-state index < -0.39 is 6.03 Å². The van der Waals surface area contributed by atoms with E-state index in [1.807, 2.05) is 24.3 Å². The van der Waals surface area contributed by atoms with Crippen molar-refractivity contribution in [1.82, 2.24) is 10.2 Å². The highest BCUT2D eigenvalue weighted by Crippen LogP contribution is 2.27. The molecule has 1 heterocycles. The van der Waals surface area contributed by atoms with Crippen LogP contribution in [0.2, 0.25) is 0 Å². The summed E-state index contributed by atoms with van der Waals surface area (Å²) in [7, 11) is 0. The quantitative estimate of drug-likeness (QED) is 0.659. The largest absolute Gasteiger partial charge is 0.325 e. The normalized spacial score (nSPS) is 11.2. The highest BCUT2D eigenvalue weighted by molar-refractivity contribution is 7.18. The number of nitrogens with zero attached hydrogens (tertiary/aromatic N) is 2. The summed E-state index contributed by atoms with van der Waals surface area (Å²) < 4.78 is 13.0. The van der Waals surface area contributed by atoms with Crippen LogP contribution in [0.25, 0.3) is 10.6 Å². The minimum atomic E-state index is -0.393. The molecular weight excluding hydrogens is 351 g/mol. The molecule has 2 aromatic carbocycles. The van der Waals surface area contributed by atoms with Crippen LogP contribution in [0.1, 0.15) is 26.3 Å². The predicted octanol–water partition coefficient (Wildman–Crippen LogP) is 5.29. The number of carbonyl (C=O) groups is 1. The molecule has 134 valence electrons. The maximum absolute atomic E-state index is 13.0. The fraction of sp³-hybridized carbons (Fsp3) is 0.211. The zero-order valence-corrected chi connectivity index (χ0v) is 15.5. The van der Waals surface area contributed by atoms with Gasteiger partial charge in [0.05, 0.1) is 0 Å². The molecule has 0 atom stereocenters. The van der Waals surface area contributed by atoms with Crippen molar-refractivity contribution in [1.29, 1.82) is 0 Å². The van der Waals surface area contributed by atoms with Crippen LogP contribution in [0.3, 0.4) is 0 Å². The topological polar surface area (TPSA) is 66.9 Å². The Bertz CT molecular complexity index is 899. The van der Waals surface area contributed by atoms with Gasteiger partial charge in [-0.3, -0.25) is 5.32 Å². The molecule has 26 heavy (non-hydrogen) atoms. The van der Waals surface area contributed by atoms with Gasteiger partial charge in [0.15, 0.2) is 0 Å². The first kappa shape index (κ1) is 18.0. The van der Waals surface area contributed by atoms with Crippen molar-refractivity contribution in [2.45, 2.75) is 26.2 Å². The van der Waals surface area contributed by atoms with E-state index in [0.29, 0.717) is 15.8 Å². The third kappa shape index (κ3) is 4.43. The summed E-state index contributed by atoms with van der Waals surface area (Å²) >= 11 is 1.22. The van der Waals surface area contributed by atoms with Crippen LogP contribution < -0.4 is 10.6 Å². The van der Waals surface area contributed by atoms with Crippen molar-refractivity contribution in [3.05, 3.63) is 59.9 Å². The van der Waals surface area contributed by atoms with Crippen LogP contribution in [-0.2, 0) is 5.41 Å². The van der Waals surface area contributed by atoms with Crippen molar-refractivity contribution in [2.24, 2.45) is 0 Å². The highest BCUT2D eigenvalue weighted by atomic mass is 32.1. The van der Waals surface area contributed by atoms with Gasteiger partial charge in [-0.2, -0.15) is 0 Å². The first-order valence-corrected chi connectivity index (χ1v) is 8.91. The Balaban J connectivity index is 1.62. The molecule has 0 fully saturated rings. The molecule has 0 radical (unpaired) electrons. The molecule has 0 aliphatic rings. The zero-order valence-electron chi connectivity index (χ0n) is 14.7. The number of hydrogen-bond donors (Lipinski definition) is 2. The molecular formula is C19H19FN4OS. The third-order valence-corrected chi connectivity index (χ3v) is 4.63. The van der Waals surface area contributed by atoms with Gasteiger partial charge in [0, 0.05) is 11.3 Å². The summed E-state index contributed by atoms with van der Waals surface area (Å²) in [5, 5.41) is 14.4. The Labute approximate surface area is 155 Å². The molecule has 0 saturated heterocycles. The summed E-state index contributed by atoms with van der Waals surface area (Å²) in [6, 6.07) is 13.3. The van der Waals surface area contributed by atoms with Crippen molar-refractivity contribution < 1.29 is 9.18 Å². The number of benzene rings is 2. The van der Waals surface area contributed by atoms with Crippen LogP contribution >= 0.6 is 11.3 Å². The fourth-order valence-electron chi connectivity index (χ4n) is 2.30. The number of halogens is 1. The number of amides is 2. The molecule has 0 unspecified atom stereocenters. The minimum Gasteiger partial charge on any atom is -0.308 e. The smallest absolute Gasteiger partial charge is 0.308 e.